The largest absolute Gasteiger partial charge is 0.444 e. The van der Waals surface area contributed by atoms with Gasteiger partial charge >= 0.3 is 6.09 Å². The molecule has 12 heteroatoms. The standard InChI is InChI=1S/C31H32N4O6S2/c1-21(36)32-19-22-9-12-24(13-10-22)27-14-16-29(42-27)43(39,40)35-18-17-23(20-35)11-15-28(37)33-25-7-5-6-8-26(25)34-30(38)41-31(2,3)4/h5-18,20H,19H2,1-4H3,(H,32,36)(H,33,37)(H,34,38)/b15-11+. The molecule has 0 aliphatic heterocycles. The highest BCUT2D eigenvalue weighted by Gasteiger charge is 2.20. The first-order chi connectivity index (χ1) is 20.3. The summed E-state index contributed by atoms with van der Waals surface area (Å²) >= 11 is 1.15. The van der Waals surface area contributed by atoms with Crippen LogP contribution in [0.5, 0.6) is 0 Å². The molecule has 4 rings (SSSR count). The van der Waals surface area contributed by atoms with Crippen molar-refractivity contribution in [1.82, 2.24) is 9.29 Å². The molecule has 0 fully saturated rings. The molecule has 3 amide bonds. The van der Waals surface area contributed by atoms with E-state index in [9.17, 15) is 22.8 Å². The van der Waals surface area contributed by atoms with Gasteiger partial charge in [-0.2, -0.15) is 8.42 Å². The van der Waals surface area contributed by atoms with Gasteiger partial charge in [0.25, 0.3) is 10.0 Å². The zero-order chi connectivity index (χ0) is 31.2. The Labute approximate surface area is 254 Å². The fourth-order valence-electron chi connectivity index (χ4n) is 3.83. The van der Waals surface area contributed by atoms with Gasteiger partial charge in [-0.25, -0.2) is 8.77 Å². The van der Waals surface area contributed by atoms with E-state index in [0.29, 0.717) is 23.5 Å². The first kappa shape index (κ1) is 31.3. The summed E-state index contributed by atoms with van der Waals surface area (Å²) in [7, 11) is -3.85. The van der Waals surface area contributed by atoms with Crippen molar-refractivity contribution in [3.8, 4) is 10.4 Å². The molecule has 2 aromatic carbocycles. The second-order valence-electron chi connectivity index (χ2n) is 10.5. The lowest BCUT2D eigenvalue weighted by atomic mass is 10.1. The topological polar surface area (TPSA) is 136 Å². The molecule has 3 N–H and O–H groups in total. The molecule has 0 aliphatic rings. The summed E-state index contributed by atoms with van der Waals surface area (Å²) in [6, 6.07) is 19.1. The van der Waals surface area contributed by atoms with E-state index >= 15 is 0 Å². The number of para-hydroxylation sites is 2. The van der Waals surface area contributed by atoms with Crippen LogP contribution in [-0.2, 0) is 30.9 Å². The molecule has 0 saturated carbocycles. The van der Waals surface area contributed by atoms with Crippen LogP contribution in [0.2, 0.25) is 0 Å². The van der Waals surface area contributed by atoms with Crippen molar-refractivity contribution in [3.63, 3.8) is 0 Å². The van der Waals surface area contributed by atoms with Gasteiger partial charge in [0.05, 0.1) is 11.4 Å². The van der Waals surface area contributed by atoms with Crippen molar-refractivity contribution in [2.75, 3.05) is 10.6 Å². The number of thiophene rings is 1. The Balaban J connectivity index is 1.40. The minimum atomic E-state index is -3.85. The highest BCUT2D eigenvalue weighted by atomic mass is 32.2. The molecule has 10 nitrogen and oxygen atoms in total. The zero-order valence-corrected chi connectivity index (χ0v) is 25.7. The van der Waals surface area contributed by atoms with Crippen LogP contribution in [0.1, 0.15) is 38.8 Å². The van der Waals surface area contributed by atoms with E-state index in [2.05, 4.69) is 16.0 Å². The highest BCUT2D eigenvalue weighted by molar-refractivity contribution is 7.92. The van der Waals surface area contributed by atoms with Crippen LogP contribution in [0.4, 0.5) is 16.2 Å². The molecule has 2 aromatic heterocycles. The van der Waals surface area contributed by atoms with Gasteiger partial charge in [-0.05, 0) is 73.9 Å². The van der Waals surface area contributed by atoms with Gasteiger partial charge in [0.15, 0.2) is 0 Å². The van der Waals surface area contributed by atoms with Crippen molar-refractivity contribution >= 4 is 56.7 Å². The summed E-state index contributed by atoms with van der Waals surface area (Å²) in [6.07, 6.45) is 4.96. The number of carbonyl (C=O) groups is 3. The number of carbonyl (C=O) groups excluding carboxylic acids is 3. The summed E-state index contributed by atoms with van der Waals surface area (Å²) in [5.41, 5.74) is 2.37. The summed E-state index contributed by atoms with van der Waals surface area (Å²) in [5, 5.41) is 8.07. The van der Waals surface area contributed by atoms with Crippen molar-refractivity contribution in [2.45, 2.75) is 44.0 Å². The Morgan fingerprint density at radius 3 is 2.26 bits per heavy atom. The number of benzene rings is 2. The van der Waals surface area contributed by atoms with Gasteiger partial charge in [-0.15, -0.1) is 11.3 Å². The Kier molecular flexibility index (Phi) is 9.52. The average Bonchev–Trinajstić information content (AvgIpc) is 3.62. The number of amides is 3. The SMILES string of the molecule is CC(=O)NCc1ccc(-c2ccc(S(=O)(=O)n3ccc(/C=C/C(=O)Nc4ccccc4NC(=O)OC(C)(C)C)c3)s2)cc1. The predicted molar refractivity (Wildman–Crippen MR) is 168 cm³/mol. The number of nitrogens with one attached hydrogen (secondary N) is 3. The van der Waals surface area contributed by atoms with Gasteiger partial charge in [0, 0.05) is 36.8 Å². The minimum absolute atomic E-state index is 0.112. The second kappa shape index (κ2) is 13.1. The smallest absolute Gasteiger partial charge is 0.412 e. The lowest BCUT2D eigenvalue weighted by Gasteiger charge is -2.20. The Hall–Kier alpha value is -4.68. The zero-order valence-electron chi connectivity index (χ0n) is 24.1. The van der Waals surface area contributed by atoms with E-state index in [1.54, 1.807) is 63.2 Å². The van der Waals surface area contributed by atoms with Crippen LogP contribution >= 0.6 is 11.3 Å². The maximum Gasteiger partial charge on any atom is 0.412 e. The lowest BCUT2D eigenvalue weighted by molar-refractivity contribution is -0.119. The Bertz CT molecular complexity index is 1760. The molecule has 4 aromatic rings. The lowest BCUT2D eigenvalue weighted by Crippen LogP contribution is -2.27. The van der Waals surface area contributed by atoms with Crippen LogP contribution < -0.4 is 16.0 Å². The monoisotopic (exact) mass is 620 g/mol. The molecule has 0 saturated heterocycles. The Morgan fingerprint density at radius 1 is 0.930 bits per heavy atom. The number of hydrogen-bond acceptors (Lipinski definition) is 7. The first-order valence-corrected chi connectivity index (χ1v) is 15.5. The van der Waals surface area contributed by atoms with E-state index in [0.717, 1.165) is 31.3 Å². The summed E-state index contributed by atoms with van der Waals surface area (Å²) < 4.78 is 33.1. The third kappa shape index (κ3) is 8.66. The average molecular weight is 621 g/mol. The fourth-order valence-corrected chi connectivity index (χ4v) is 6.45. The van der Waals surface area contributed by atoms with Gasteiger partial charge in [0.1, 0.15) is 9.81 Å². The normalized spacial score (nSPS) is 11.7. The molecule has 0 atom stereocenters. The molecule has 0 aliphatic carbocycles. The van der Waals surface area contributed by atoms with Gasteiger partial charge in [-0.1, -0.05) is 36.4 Å². The van der Waals surface area contributed by atoms with Crippen LogP contribution in [0.3, 0.4) is 0 Å². The van der Waals surface area contributed by atoms with Gasteiger partial charge in [-0.3, -0.25) is 14.9 Å². The van der Waals surface area contributed by atoms with Crippen LogP contribution in [0.15, 0.2) is 89.4 Å². The first-order valence-electron chi connectivity index (χ1n) is 13.3. The molecule has 0 unspecified atom stereocenters. The summed E-state index contributed by atoms with van der Waals surface area (Å²) in [4.78, 5) is 36.7. The maximum absolute atomic E-state index is 13.3. The highest BCUT2D eigenvalue weighted by Crippen LogP contribution is 2.32. The summed E-state index contributed by atoms with van der Waals surface area (Å²) in [6.45, 7) is 7.13. The van der Waals surface area contributed by atoms with E-state index in [-0.39, 0.29) is 10.1 Å². The molecule has 224 valence electrons. The van der Waals surface area contributed by atoms with Crippen molar-refractivity contribution in [3.05, 3.63) is 96.3 Å². The van der Waals surface area contributed by atoms with Crippen molar-refractivity contribution in [2.24, 2.45) is 0 Å². The van der Waals surface area contributed by atoms with E-state index in [4.69, 9.17) is 4.74 Å². The second-order valence-corrected chi connectivity index (χ2v) is 13.7. The fraction of sp³-hybridized carbons (Fsp3) is 0.194. The molecule has 2 heterocycles. The number of hydrogen-bond donors (Lipinski definition) is 3. The molecular weight excluding hydrogens is 588 g/mol. The molecule has 0 spiro atoms. The van der Waals surface area contributed by atoms with E-state index in [1.165, 1.54) is 31.5 Å². The van der Waals surface area contributed by atoms with Gasteiger partial charge in [0.2, 0.25) is 11.8 Å². The number of anilines is 2. The maximum atomic E-state index is 13.3. The summed E-state index contributed by atoms with van der Waals surface area (Å²) in [5.74, 6) is -0.584. The van der Waals surface area contributed by atoms with E-state index < -0.39 is 27.6 Å². The molecule has 0 radical (unpaired) electrons. The predicted octanol–water partition coefficient (Wildman–Crippen LogP) is 6.09. The quantitative estimate of drug-likeness (QED) is 0.194. The number of aromatic nitrogens is 1. The van der Waals surface area contributed by atoms with Crippen molar-refractivity contribution in [1.29, 1.82) is 0 Å². The number of ether oxygens (including phenoxy) is 1. The molecular formula is C31H32N4O6S2. The third-order valence-corrected chi connectivity index (χ3v) is 9.07. The minimum Gasteiger partial charge on any atom is -0.444 e. The van der Waals surface area contributed by atoms with Crippen LogP contribution in [0, 0.1) is 0 Å². The number of nitrogens with zero attached hydrogens (tertiary/aromatic N) is 1. The van der Waals surface area contributed by atoms with Crippen molar-refractivity contribution < 1.29 is 27.5 Å². The molecule has 43 heavy (non-hydrogen) atoms. The Morgan fingerprint density at radius 2 is 1.60 bits per heavy atom. The van der Waals surface area contributed by atoms with Crippen LogP contribution in [0.25, 0.3) is 16.5 Å². The third-order valence-electron chi connectivity index (χ3n) is 5.83. The van der Waals surface area contributed by atoms with Gasteiger partial charge < -0.3 is 15.4 Å². The van der Waals surface area contributed by atoms with Crippen LogP contribution in [-0.4, -0.2) is 35.9 Å². The van der Waals surface area contributed by atoms with E-state index in [1.807, 2.05) is 24.3 Å². The number of rotatable bonds is 9. The molecule has 0 bridgehead atoms.